The minimum atomic E-state index is -0.481. The number of rotatable bonds is 4. The van der Waals surface area contributed by atoms with Gasteiger partial charge < -0.3 is 14.2 Å². The lowest BCUT2D eigenvalue weighted by atomic mass is 9.93. The number of hydrogen-bond donors (Lipinski definition) is 0. The smallest absolute Gasteiger partial charge is 0.330 e. The zero-order chi connectivity index (χ0) is 23.0. The van der Waals surface area contributed by atoms with Crippen molar-refractivity contribution in [3.63, 3.8) is 0 Å². The van der Waals surface area contributed by atoms with Crippen molar-refractivity contribution in [2.24, 2.45) is 5.92 Å². The Bertz CT molecular complexity index is 709. The summed E-state index contributed by atoms with van der Waals surface area (Å²) >= 11 is 0. The van der Waals surface area contributed by atoms with Gasteiger partial charge in [-0.15, -0.1) is 0 Å². The largest absolute Gasteiger partial charge is 0.461 e. The first-order valence-corrected chi connectivity index (χ1v) is 11.5. The van der Waals surface area contributed by atoms with E-state index in [4.69, 9.17) is 14.2 Å². The average molecular weight is 435 g/mol. The van der Waals surface area contributed by atoms with Crippen molar-refractivity contribution >= 4 is 17.7 Å². The number of carbonyl (C=O) groups is 3. The van der Waals surface area contributed by atoms with E-state index in [1.54, 1.807) is 6.08 Å². The first kappa shape index (κ1) is 25.3. The Hall–Kier alpha value is -1.95. The Kier molecular flexibility index (Phi) is 9.48. The van der Waals surface area contributed by atoms with Crippen molar-refractivity contribution in [3.8, 4) is 0 Å². The minimum Gasteiger partial charge on any atom is -0.461 e. The van der Waals surface area contributed by atoms with Crippen LogP contribution >= 0.6 is 0 Å². The maximum atomic E-state index is 12.3. The Morgan fingerprint density at radius 3 is 2.61 bits per heavy atom. The zero-order valence-electron chi connectivity index (χ0n) is 19.6. The second-order valence-corrected chi connectivity index (χ2v) is 9.32. The molecule has 0 unspecified atom stereocenters. The van der Waals surface area contributed by atoms with E-state index in [1.807, 2.05) is 13.8 Å². The Morgan fingerprint density at radius 2 is 1.94 bits per heavy atom. The lowest BCUT2D eigenvalue weighted by Crippen LogP contribution is -2.28. The fourth-order valence-electron chi connectivity index (χ4n) is 4.52. The number of carbonyl (C=O) groups excluding carboxylic acids is 3. The standard InChI is InChI=1S/C25H38O6/c1-6-13-25(5)16-22-20(31-25)12-11-17(2)14-18(3)21(15-19(4)26)29-23(27)9-7-8-10-24(28)30-22/h8,10,14,18,20-22H,6-7,9,11-13,15-16H2,1-5H3/b10-8+,17-14+/t18-,20+,21+,22-,25-/m1/s1. The molecule has 0 aliphatic carbocycles. The van der Waals surface area contributed by atoms with E-state index in [1.165, 1.54) is 13.0 Å². The zero-order valence-corrected chi connectivity index (χ0v) is 19.6. The van der Waals surface area contributed by atoms with Crippen LogP contribution in [0.4, 0.5) is 0 Å². The molecule has 2 aliphatic heterocycles. The molecule has 2 rings (SSSR count). The summed E-state index contributed by atoms with van der Waals surface area (Å²) < 4.78 is 17.7. The van der Waals surface area contributed by atoms with Crippen molar-refractivity contribution in [2.45, 2.75) is 110 Å². The molecule has 1 saturated heterocycles. The van der Waals surface area contributed by atoms with Crippen LogP contribution in [0, 0.1) is 5.92 Å². The van der Waals surface area contributed by atoms with Crippen LogP contribution in [0.1, 0.15) is 86.0 Å². The minimum absolute atomic E-state index is 0.00912. The first-order valence-electron chi connectivity index (χ1n) is 11.5. The van der Waals surface area contributed by atoms with Crippen molar-refractivity contribution in [2.75, 3.05) is 0 Å². The van der Waals surface area contributed by atoms with Crippen LogP contribution in [0.5, 0.6) is 0 Å². The summed E-state index contributed by atoms with van der Waals surface area (Å²) in [5, 5.41) is 0. The van der Waals surface area contributed by atoms with E-state index in [0.717, 1.165) is 31.3 Å². The average Bonchev–Trinajstić information content (AvgIpc) is 2.97. The molecule has 0 aromatic heterocycles. The molecule has 0 amide bonds. The molecule has 6 nitrogen and oxygen atoms in total. The molecule has 174 valence electrons. The van der Waals surface area contributed by atoms with E-state index >= 15 is 0 Å². The summed E-state index contributed by atoms with van der Waals surface area (Å²) in [6.45, 7) is 9.74. The highest BCUT2D eigenvalue weighted by molar-refractivity contribution is 5.82. The normalized spacial score (nSPS) is 36.0. The number of allylic oxidation sites excluding steroid dienone is 2. The second kappa shape index (κ2) is 11.6. The lowest BCUT2D eigenvalue weighted by Gasteiger charge is -2.24. The molecule has 2 heterocycles. The van der Waals surface area contributed by atoms with Gasteiger partial charge in [0, 0.05) is 31.3 Å². The van der Waals surface area contributed by atoms with Gasteiger partial charge in [0.2, 0.25) is 0 Å². The quantitative estimate of drug-likeness (QED) is 0.465. The number of esters is 2. The van der Waals surface area contributed by atoms with Crippen molar-refractivity contribution in [1.29, 1.82) is 0 Å². The highest BCUT2D eigenvalue weighted by Crippen LogP contribution is 2.38. The van der Waals surface area contributed by atoms with E-state index in [9.17, 15) is 14.4 Å². The van der Waals surface area contributed by atoms with Crippen molar-refractivity contribution in [3.05, 3.63) is 23.8 Å². The SMILES string of the molecule is CCC[C@]1(C)C[C@H]2OC(=O)/C=C/CCC(=O)O[C@@H](CC(C)=O)[C@H](C)/C=C(\C)CC[C@@H]2O1. The Balaban J connectivity index is 2.21. The molecule has 5 atom stereocenters. The Labute approximate surface area is 186 Å². The molecular weight excluding hydrogens is 396 g/mol. The van der Waals surface area contributed by atoms with Crippen LogP contribution < -0.4 is 0 Å². The van der Waals surface area contributed by atoms with Crippen LogP contribution in [0.3, 0.4) is 0 Å². The van der Waals surface area contributed by atoms with Gasteiger partial charge in [-0.25, -0.2) is 4.79 Å². The summed E-state index contributed by atoms with van der Waals surface area (Å²) in [5.41, 5.74) is 0.858. The van der Waals surface area contributed by atoms with E-state index in [0.29, 0.717) is 12.8 Å². The van der Waals surface area contributed by atoms with Crippen LogP contribution in [0.15, 0.2) is 23.8 Å². The fourth-order valence-corrected chi connectivity index (χ4v) is 4.52. The summed E-state index contributed by atoms with van der Waals surface area (Å²) in [6.07, 6.45) is 9.06. The van der Waals surface area contributed by atoms with Gasteiger partial charge in [0.25, 0.3) is 0 Å². The summed E-state index contributed by atoms with van der Waals surface area (Å²) in [6, 6.07) is 0. The highest BCUT2D eigenvalue weighted by Gasteiger charge is 2.44. The first-order chi connectivity index (χ1) is 14.6. The van der Waals surface area contributed by atoms with Gasteiger partial charge in [0.1, 0.15) is 18.0 Å². The van der Waals surface area contributed by atoms with E-state index in [2.05, 4.69) is 19.9 Å². The number of Topliss-reactive ketones (excluding diaryl/α,β-unsaturated/α-hetero) is 1. The topological polar surface area (TPSA) is 78.9 Å². The van der Waals surface area contributed by atoms with E-state index < -0.39 is 12.1 Å². The van der Waals surface area contributed by atoms with Gasteiger partial charge in [0.05, 0.1) is 11.7 Å². The molecule has 0 bridgehead atoms. The number of cyclic esters (lactones) is 1. The van der Waals surface area contributed by atoms with E-state index in [-0.39, 0.29) is 48.3 Å². The van der Waals surface area contributed by atoms with Crippen LogP contribution in [0.25, 0.3) is 0 Å². The van der Waals surface area contributed by atoms with Crippen molar-refractivity contribution in [1.82, 2.24) is 0 Å². The van der Waals surface area contributed by atoms with Crippen LogP contribution in [-0.2, 0) is 28.6 Å². The third-order valence-corrected chi connectivity index (χ3v) is 6.03. The van der Waals surface area contributed by atoms with Gasteiger partial charge in [-0.2, -0.15) is 0 Å². The monoisotopic (exact) mass is 434 g/mol. The number of fused-ring (bicyclic) bond motifs is 1. The van der Waals surface area contributed by atoms with Gasteiger partial charge in [-0.05, 0) is 46.5 Å². The molecule has 6 heteroatoms. The summed E-state index contributed by atoms with van der Waals surface area (Å²) in [5.74, 6) is -0.853. The number of ether oxygens (including phenoxy) is 3. The van der Waals surface area contributed by atoms with Gasteiger partial charge >= 0.3 is 11.9 Å². The maximum absolute atomic E-state index is 12.3. The predicted octanol–water partition coefficient (Wildman–Crippen LogP) is 4.85. The van der Waals surface area contributed by atoms with Gasteiger partial charge in [-0.1, -0.05) is 38.0 Å². The van der Waals surface area contributed by atoms with Crippen molar-refractivity contribution < 1.29 is 28.6 Å². The molecule has 0 radical (unpaired) electrons. The molecule has 0 aromatic carbocycles. The fraction of sp³-hybridized carbons (Fsp3) is 0.720. The Morgan fingerprint density at radius 1 is 1.19 bits per heavy atom. The maximum Gasteiger partial charge on any atom is 0.330 e. The molecule has 1 fully saturated rings. The van der Waals surface area contributed by atoms with Crippen LogP contribution in [0.2, 0.25) is 0 Å². The molecule has 0 N–H and O–H groups in total. The lowest BCUT2D eigenvalue weighted by molar-refractivity contribution is -0.152. The molecule has 0 spiro atoms. The van der Waals surface area contributed by atoms with Crippen LogP contribution in [-0.4, -0.2) is 41.6 Å². The molecule has 2 aliphatic rings. The number of hydrogen-bond acceptors (Lipinski definition) is 6. The molecule has 0 saturated carbocycles. The summed E-state index contributed by atoms with van der Waals surface area (Å²) in [7, 11) is 0. The third-order valence-electron chi connectivity index (χ3n) is 6.03. The molecular formula is C25H38O6. The molecule has 0 aromatic rings. The summed E-state index contributed by atoms with van der Waals surface area (Å²) in [4.78, 5) is 36.2. The number of ketones is 1. The molecule has 31 heavy (non-hydrogen) atoms. The van der Waals surface area contributed by atoms with Gasteiger partial charge in [0.15, 0.2) is 0 Å². The predicted molar refractivity (Wildman–Crippen MR) is 118 cm³/mol. The highest BCUT2D eigenvalue weighted by atomic mass is 16.6. The third kappa shape index (κ3) is 8.24. The van der Waals surface area contributed by atoms with Gasteiger partial charge in [-0.3, -0.25) is 9.59 Å². The second-order valence-electron chi connectivity index (χ2n) is 9.32.